The van der Waals surface area contributed by atoms with E-state index >= 15 is 0 Å². The number of hydrogen-bond donors (Lipinski definition) is 0. The fourth-order valence-electron chi connectivity index (χ4n) is 3.11. The average Bonchev–Trinajstić information content (AvgIpc) is 2.72. The van der Waals surface area contributed by atoms with Gasteiger partial charge in [0.2, 0.25) is 0 Å². The summed E-state index contributed by atoms with van der Waals surface area (Å²) in [5.41, 5.74) is 0. The van der Waals surface area contributed by atoms with Crippen LogP contribution in [0, 0.1) is 5.92 Å². The van der Waals surface area contributed by atoms with Crippen molar-refractivity contribution in [3.8, 4) is 0 Å². The van der Waals surface area contributed by atoms with E-state index in [9.17, 15) is 4.79 Å². The lowest BCUT2D eigenvalue weighted by Gasteiger charge is -2.36. The summed E-state index contributed by atoms with van der Waals surface area (Å²) in [6, 6.07) is 0. The topological polar surface area (TPSA) is 26.3 Å². The number of fused-ring (bicyclic) bond motifs is 2. The van der Waals surface area contributed by atoms with Crippen molar-refractivity contribution in [3.63, 3.8) is 0 Å². The quantitative estimate of drug-likeness (QED) is 0.505. The third-order valence-electron chi connectivity index (χ3n) is 5.58. The van der Waals surface area contributed by atoms with Crippen molar-refractivity contribution < 1.29 is 9.22 Å². The number of carbonyl (C=O) groups excluding carboxylic acids is 1. The van der Waals surface area contributed by atoms with Gasteiger partial charge in [-0.05, 0) is 50.2 Å². The molecule has 122 valence electrons. The van der Waals surface area contributed by atoms with Gasteiger partial charge in [0.05, 0.1) is 0 Å². The molecule has 2 fully saturated rings. The molecule has 2 aliphatic rings. The van der Waals surface area contributed by atoms with E-state index in [-0.39, 0.29) is 5.04 Å². The molecule has 2 saturated heterocycles. The Morgan fingerprint density at radius 2 is 1.76 bits per heavy atom. The summed E-state index contributed by atoms with van der Waals surface area (Å²) in [5, 5.41) is 1.82. The molecule has 0 aromatic heterocycles. The highest BCUT2D eigenvalue weighted by atomic mass is 32.2. The molecular formula is C17H32O2SSi. The van der Waals surface area contributed by atoms with E-state index in [4.69, 9.17) is 4.43 Å². The summed E-state index contributed by atoms with van der Waals surface area (Å²) in [6.45, 7) is 12.1. The molecule has 4 heteroatoms. The van der Waals surface area contributed by atoms with Gasteiger partial charge < -0.3 is 4.43 Å². The molecule has 0 aromatic rings. The van der Waals surface area contributed by atoms with Crippen LogP contribution in [0.3, 0.4) is 0 Å². The third-order valence-corrected chi connectivity index (χ3v) is 11.7. The summed E-state index contributed by atoms with van der Waals surface area (Å²) in [7, 11) is -1.64. The smallest absolute Gasteiger partial charge is 0.191 e. The normalized spacial score (nSPS) is 29.7. The molecule has 0 aromatic carbocycles. The van der Waals surface area contributed by atoms with Crippen molar-refractivity contribution in [2.75, 3.05) is 6.61 Å². The Bertz CT molecular complexity index is 363. The second-order valence-corrected chi connectivity index (χ2v) is 14.7. The number of ketones is 1. The van der Waals surface area contributed by atoms with Crippen LogP contribution in [-0.2, 0) is 9.22 Å². The molecule has 0 saturated carbocycles. The predicted molar refractivity (Wildman–Crippen MR) is 94.5 cm³/mol. The van der Waals surface area contributed by atoms with Crippen LogP contribution in [0.15, 0.2) is 0 Å². The van der Waals surface area contributed by atoms with Crippen molar-refractivity contribution in [3.05, 3.63) is 0 Å². The second-order valence-electron chi connectivity index (χ2n) is 8.30. The molecule has 0 N–H and O–H groups in total. The van der Waals surface area contributed by atoms with Gasteiger partial charge in [-0.2, -0.15) is 11.8 Å². The highest BCUT2D eigenvalue weighted by Gasteiger charge is 2.38. The van der Waals surface area contributed by atoms with Crippen molar-refractivity contribution >= 4 is 25.9 Å². The van der Waals surface area contributed by atoms with Crippen LogP contribution in [0.5, 0.6) is 0 Å². The largest absolute Gasteiger partial charge is 0.417 e. The van der Waals surface area contributed by atoms with Crippen molar-refractivity contribution in [2.24, 2.45) is 5.92 Å². The first-order valence-corrected chi connectivity index (χ1v) is 12.4. The lowest BCUT2D eigenvalue weighted by molar-refractivity contribution is -0.123. The van der Waals surface area contributed by atoms with Gasteiger partial charge in [0.15, 0.2) is 8.32 Å². The summed E-state index contributed by atoms with van der Waals surface area (Å²) in [5.74, 6) is 0.864. The van der Waals surface area contributed by atoms with Crippen molar-refractivity contribution in [1.29, 1.82) is 0 Å². The number of Topliss-reactive ketones (excluding diaryl/α,β-unsaturated/α-hetero) is 1. The second kappa shape index (κ2) is 6.75. The first-order valence-electron chi connectivity index (χ1n) is 8.51. The van der Waals surface area contributed by atoms with Gasteiger partial charge in [-0.25, -0.2) is 0 Å². The SMILES string of the molecule is CC(C)(C)[Si](C)(C)OCCCC(=O)C1CC2CCC(C1)S2. The fraction of sp³-hybridized carbons (Fsp3) is 0.941. The Kier molecular flexibility index (Phi) is 5.64. The molecule has 2 bridgehead atoms. The molecule has 0 spiro atoms. The molecule has 0 radical (unpaired) electrons. The lowest BCUT2D eigenvalue weighted by Crippen LogP contribution is -2.41. The molecule has 0 aliphatic carbocycles. The molecule has 2 unspecified atom stereocenters. The Morgan fingerprint density at radius 3 is 2.29 bits per heavy atom. The van der Waals surface area contributed by atoms with Gasteiger partial charge >= 0.3 is 0 Å². The first kappa shape index (κ1) is 17.5. The van der Waals surface area contributed by atoms with Crippen LogP contribution in [0.1, 0.15) is 59.3 Å². The summed E-state index contributed by atoms with van der Waals surface area (Å²) < 4.78 is 6.17. The summed E-state index contributed by atoms with van der Waals surface area (Å²) in [4.78, 5) is 12.4. The monoisotopic (exact) mass is 328 g/mol. The maximum atomic E-state index is 12.4. The minimum atomic E-state index is -1.64. The van der Waals surface area contributed by atoms with E-state index in [0.717, 1.165) is 42.8 Å². The van der Waals surface area contributed by atoms with Crippen LogP contribution >= 0.6 is 11.8 Å². The fourth-order valence-corrected chi connectivity index (χ4v) is 5.98. The van der Waals surface area contributed by atoms with E-state index in [1.54, 1.807) is 0 Å². The first-order chi connectivity index (χ1) is 9.69. The van der Waals surface area contributed by atoms with Crippen LogP contribution < -0.4 is 0 Å². The zero-order valence-corrected chi connectivity index (χ0v) is 16.2. The predicted octanol–water partition coefficient (Wildman–Crippen LogP) is 5.03. The molecule has 21 heavy (non-hydrogen) atoms. The number of hydrogen-bond acceptors (Lipinski definition) is 3. The van der Waals surface area contributed by atoms with Gasteiger partial charge in [-0.3, -0.25) is 4.79 Å². The zero-order valence-electron chi connectivity index (χ0n) is 14.4. The van der Waals surface area contributed by atoms with E-state index in [2.05, 4.69) is 45.6 Å². The standard InChI is InChI=1S/C17H32O2SSi/c1-17(2,3)21(4,5)19-10-6-7-16(18)13-11-14-8-9-15(12-13)20-14/h13-15H,6-12H2,1-5H3. The Hall–Kier alpha value is 0.197. The van der Waals surface area contributed by atoms with Crippen molar-refractivity contribution in [1.82, 2.24) is 0 Å². The molecular weight excluding hydrogens is 296 g/mol. The summed E-state index contributed by atoms with van der Waals surface area (Å²) >= 11 is 2.14. The molecule has 2 nitrogen and oxygen atoms in total. The van der Waals surface area contributed by atoms with Gasteiger partial charge in [-0.1, -0.05) is 20.8 Å². The van der Waals surface area contributed by atoms with Crippen LogP contribution in [-0.4, -0.2) is 31.2 Å². The van der Waals surface area contributed by atoms with Crippen LogP contribution in [0.25, 0.3) is 0 Å². The van der Waals surface area contributed by atoms with Gasteiger partial charge in [0.25, 0.3) is 0 Å². The number of rotatable bonds is 6. The molecule has 2 atom stereocenters. The Balaban J connectivity index is 1.68. The molecule has 2 heterocycles. The maximum Gasteiger partial charge on any atom is 0.191 e. The Morgan fingerprint density at radius 1 is 1.19 bits per heavy atom. The van der Waals surface area contributed by atoms with Crippen molar-refractivity contribution in [2.45, 2.75) is 87.9 Å². The average molecular weight is 329 g/mol. The number of carbonyl (C=O) groups is 1. The summed E-state index contributed by atoms with van der Waals surface area (Å²) in [6.07, 6.45) is 6.60. The third kappa shape index (κ3) is 4.58. The molecule has 0 amide bonds. The van der Waals surface area contributed by atoms with E-state index < -0.39 is 8.32 Å². The van der Waals surface area contributed by atoms with E-state index in [1.165, 1.54) is 12.8 Å². The molecule has 2 rings (SSSR count). The van der Waals surface area contributed by atoms with Gasteiger partial charge in [-0.15, -0.1) is 0 Å². The van der Waals surface area contributed by atoms with Gasteiger partial charge in [0.1, 0.15) is 5.78 Å². The Labute approximate surface area is 135 Å². The highest BCUT2D eigenvalue weighted by molar-refractivity contribution is 8.00. The van der Waals surface area contributed by atoms with E-state index in [1.807, 2.05) is 0 Å². The maximum absolute atomic E-state index is 12.4. The van der Waals surface area contributed by atoms with Gasteiger partial charge in [0, 0.05) is 29.4 Å². The highest BCUT2D eigenvalue weighted by Crippen LogP contribution is 2.46. The minimum absolute atomic E-state index is 0.261. The molecule has 2 aliphatic heterocycles. The van der Waals surface area contributed by atoms with E-state index in [0.29, 0.717) is 11.7 Å². The van der Waals surface area contributed by atoms with Crippen LogP contribution in [0.4, 0.5) is 0 Å². The van der Waals surface area contributed by atoms with Crippen LogP contribution in [0.2, 0.25) is 18.1 Å². The zero-order chi connectivity index (χ0) is 15.7. The minimum Gasteiger partial charge on any atom is -0.417 e. The lowest BCUT2D eigenvalue weighted by atomic mass is 9.92. The number of thioether (sulfide) groups is 1.